The van der Waals surface area contributed by atoms with E-state index in [9.17, 15) is 14.4 Å². The highest BCUT2D eigenvalue weighted by molar-refractivity contribution is 6.32. The number of allylic oxidation sites excluding steroid dienone is 1. The minimum Gasteiger partial charge on any atom is -0.493 e. The van der Waals surface area contributed by atoms with Crippen molar-refractivity contribution in [2.75, 3.05) is 13.7 Å². The van der Waals surface area contributed by atoms with Crippen LogP contribution in [0.2, 0.25) is 5.02 Å². The molecule has 1 aliphatic rings. The number of nitriles is 1. The van der Waals surface area contributed by atoms with Gasteiger partial charge in [-0.2, -0.15) is 5.26 Å². The number of nitrogens with zero attached hydrogens (tertiary/aromatic N) is 1. The summed E-state index contributed by atoms with van der Waals surface area (Å²) in [6, 6.07) is 25.2. The lowest BCUT2D eigenvalue weighted by Gasteiger charge is -2.27. The molecule has 212 valence electrons. The predicted molar refractivity (Wildman–Crippen MR) is 152 cm³/mol. The number of fused-ring (bicyclic) bond motifs is 1. The van der Waals surface area contributed by atoms with Gasteiger partial charge in [-0.05, 0) is 42.0 Å². The summed E-state index contributed by atoms with van der Waals surface area (Å²) in [6.07, 6.45) is 0. The van der Waals surface area contributed by atoms with Gasteiger partial charge in [-0.25, -0.2) is 9.18 Å². The summed E-state index contributed by atoms with van der Waals surface area (Å²) in [7, 11) is 1.48. The molecule has 4 aromatic carbocycles. The van der Waals surface area contributed by atoms with E-state index < -0.39 is 11.9 Å². The van der Waals surface area contributed by atoms with E-state index in [1.807, 2.05) is 0 Å². The second-order valence-corrected chi connectivity index (χ2v) is 9.52. The minimum atomic E-state index is -0.654. The number of halogens is 2. The molecule has 0 spiro atoms. The van der Waals surface area contributed by atoms with Crippen molar-refractivity contribution in [3.8, 4) is 34.8 Å². The monoisotopic (exact) mass is 586 g/mol. The zero-order valence-corrected chi connectivity index (χ0v) is 23.1. The standard InChI is InChI=1S/C32H24ClFN2O6/c1-38-29-14-19(10-13-27(29)39-17-20-6-2-4-8-25(20)34)31-22-12-11-21(15-28(22)42-32(36)23(31)16-35)41-30(37)18-40-26-9-5-3-7-24(26)33/h2-15,31H,17-18,36H2,1H3. The molecule has 4 aromatic rings. The van der Waals surface area contributed by atoms with E-state index in [2.05, 4.69) is 6.07 Å². The van der Waals surface area contributed by atoms with Crippen molar-refractivity contribution in [3.63, 3.8) is 0 Å². The molecule has 10 heteroatoms. The third kappa shape index (κ3) is 6.09. The molecule has 0 bridgehead atoms. The van der Waals surface area contributed by atoms with Crippen LogP contribution in [0, 0.1) is 17.1 Å². The largest absolute Gasteiger partial charge is 0.493 e. The summed E-state index contributed by atoms with van der Waals surface area (Å²) in [6.45, 7) is -0.361. The lowest BCUT2D eigenvalue weighted by Crippen LogP contribution is -2.22. The van der Waals surface area contributed by atoms with Gasteiger partial charge >= 0.3 is 5.97 Å². The number of benzene rings is 4. The molecule has 1 atom stereocenters. The van der Waals surface area contributed by atoms with Gasteiger partial charge in [0.05, 0.1) is 18.1 Å². The Morgan fingerprint density at radius 1 is 1.00 bits per heavy atom. The van der Waals surface area contributed by atoms with E-state index in [-0.39, 0.29) is 36.2 Å². The van der Waals surface area contributed by atoms with Crippen molar-refractivity contribution in [3.05, 3.63) is 124 Å². The molecule has 5 rings (SSSR count). The summed E-state index contributed by atoms with van der Waals surface area (Å²) in [5, 5.41) is 10.3. The fourth-order valence-corrected chi connectivity index (χ4v) is 4.65. The minimum absolute atomic E-state index is 0.00367. The Balaban J connectivity index is 1.37. The van der Waals surface area contributed by atoms with Gasteiger partial charge in [-0.1, -0.05) is 54.1 Å². The fourth-order valence-electron chi connectivity index (χ4n) is 4.46. The average Bonchev–Trinajstić information content (AvgIpc) is 2.99. The maximum Gasteiger partial charge on any atom is 0.349 e. The van der Waals surface area contributed by atoms with Crippen LogP contribution in [0.3, 0.4) is 0 Å². The topological polar surface area (TPSA) is 113 Å². The summed E-state index contributed by atoms with van der Waals surface area (Å²) >= 11 is 6.06. The molecule has 0 fully saturated rings. The Kier molecular flexibility index (Phi) is 8.46. The van der Waals surface area contributed by atoms with Crippen LogP contribution in [-0.4, -0.2) is 19.7 Å². The van der Waals surface area contributed by atoms with Gasteiger partial charge in [-0.15, -0.1) is 0 Å². The Bertz CT molecular complexity index is 1720. The lowest BCUT2D eigenvalue weighted by molar-refractivity contribution is -0.136. The zero-order valence-electron chi connectivity index (χ0n) is 22.3. The van der Waals surface area contributed by atoms with Crippen LogP contribution in [0.5, 0.6) is 28.7 Å². The van der Waals surface area contributed by atoms with Crippen molar-refractivity contribution in [2.45, 2.75) is 12.5 Å². The number of esters is 1. The molecule has 0 saturated carbocycles. The number of hydrogen-bond acceptors (Lipinski definition) is 8. The Morgan fingerprint density at radius 3 is 2.55 bits per heavy atom. The first-order chi connectivity index (χ1) is 20.4. The highest BCUT2D eigenvalue weighted by Crippen LogP contribution is 2.45. The van der Waals surface area contributed by atoms with Crippen LogP contribution in [0.1, 0.15) is 22.6 Å². The SMILES string of the molecule is COc1cc(C2C(C#N)=C(N)Oc3cc(OC(=O)COc4ccccc4Cl)ccc32)ccc1OCc1ccccc1F. The Hall–Kier alpha value is -5.20. The first-order valence-corrected chi connectivity index (χ1v) is 13.1. The number of carbonyl (C=O) groups is 1. The lowest BCUT2D eigenvalue weighted by atomic mass is 9.83. The van der Waals surface area contributed by atoms with E-state index in [1.165, 1.54) is 19.2 Å². The number of para-hydroxylation sites is 1. The maximum atomic E-state index is 14.1. The second kappa shape index (κ2) is 12.5. The van der Waals surface area contributed by atoms with Crippen LogP contribution in [0.25, 0.3) is 0 Å². The third-order valence-electron chi connectivity index (χ3n) is 6.47. The van der Waals surface area contributed by atoms with Crippen molar-refractivity contribution < 1.29 is 32.9 Å². The molecule has 0 aliphatic carbocycles. The maximum absolute atomic E-state index is 14.1. The highest BCUT2D eigenvalue weighted by Gasteiger charge is 2.32. The number of methoxy groups -OCH3 is 1. The molecule has 1 heterocycles. The molecule has 8 nitrogen and oxygen atoms in total. The first-order valence-electron chi connectivity index (χ1n) is 12.7. The van der Waals surface area contributed by atoms with Gasteiger partial charge in [-0.3, -0.25) is 0 Å². The van der Waals surface area contributed by atoms with Crippen LogP contribution in [0.15, 0.2) is 96.4 Å². The highest BCUT2D eigenvalue weighted by atomic mass is 35.5. The zero-order chi connectivity index (χ0) is 29.6. The van der Waals surface area contributed by atoms with E-state index in [0.717, 1.165) is 0 Å². The smallest absolute Gasteiger partial charge is 0.349 e. The fraction of sp³-hybridized carbons (Fsp3) is 0.125. The summed E-state index contributed by atoms with van der Waals surface area (Å²) in [5.41, 5.74) is 8.03. The third-order valence-corrected chi connectivity index (χ3v) is 6.78. The molecule has 2 N–H and O–H groups in total. The predicted octanol–water partition coefficient (Wildman–Crippen LogP) is 6.27. The number of rotatable bonds is 9. The number of carbonyl (C=O) groups excluding carboxylic acids is 1. The molecule has 0 aromatic heterocycles. The van der Waals surface area contributed by atoms with Crippen LogP contribution in [-0.2, 0) is 11.4 Å². The summed E-state index contributed by atoms with van der Waals surface area (Å²) < 4.78 is 42.0. The van der Waals surface area contributed by atoms with Gasteiger partial charge in [0.2, 0.25) is 5.88 Å². The van der Waals surface area contributed by atoms with Gasteiger partial charge in [0, 0.05) is 17.2 Å². The molecule has 1 aliphatic heterocycles. The van der Waals surface area contributed by atoms with Crippen molar-refractivity contribution in [2.24, 2.45) is 5.73 Å². The molecular weight excluding hydrogens is 563 g/mol. The molecule has 0 amide bonds. The van der Waals surface area contributed by atoms with Gasteiger partial charge < -0.3 is 29.4 Å². The van der Waals surface area contributed by atoms with E-state index in [0.29, 0.717) is 44.7 Å². The molecule has 42 heavy (non-hydrogen) atoms. The Morgan fingerprint density at radius 2 is 1.79 bits per heavy atom. The van der Waals surface area contributed by atoms with Crippen molar-refractivity contribution in [1.29, 1.82) is 5.26 Å². The average molecular weight is 587 g/mol. The number of hydrogen-bond donors (Lipinski definition) is 1. The van der Waals surface area contributed by atoms with Gasteiger partial charge in [0.15, 0.2) is 18.1 Å². The molecular formula is C32H24ClFN2O6. The van der Waals surface area contributed by atoms with E-state index >= 15 is 0 Å². The van der Waals surface area contributed by atoms with E-state index in [1.54, 1.807) is 72.8 Å². The quantitative estimate of drug-likeness (QED) is 0.180. The Labute approximate surface area is 246 Å². The van der Waals surface area contributed by atoms with Crippen LogP contribution < -0.4 is 29.4 Å². The normalized spacial score (nSPS) is 13.8. The number of nitrogens with two attached hydrogens (primary N) is 1. The van der Waals surface area contributed by atoms with Crippen molar-refractivity contribution >= 4 is 17.6 Å². The molecule has 0 radical (unpaired) electrons. The summed E-state index contributed by atoms with van der Waals surface area (Å²) in [4.78, 5) is 12.4. The van der Waals surface area contributed by atoms with E-state index in [4.69, 9.17) is 41.0 Å². The van der Waals surface area contributed by atoms with Gasteiger partial charge in [0.25, 0.3) is 0 Å². The summed E-state index contributed by atoms with van der Waals surface area (Å²) in [5.74, 6) is -0.0702. The van der Waals surface area contributed by atoms with Crippen LogP contribution in [0.4, 0.5) is 4.39 Å². The molecule has 1 unspecified atom stereocenters. The van der Waals surface area contributed by atoms with Crippen molar-refractivity contribution in [1.82, 2.24) is 0 Å². The second-order valence-electron chi connectivity index (χ2n) is 9.11. The van der Waals surface area contributed by atoms with Gasteiger partial charge in [0.1, 0.15) is 41.3 Å². The molecule has 0 saturated heterocycles. The van der Waals surface area contributed by atoms with Crippen LogP contribution >= 0.6 is 11.6 Å². The first kappa shape index (κ1) is 28.3. The number of ether oxygens (including phenoxy) is 5.